The fourth-order valence-electron chi connectivity index (χ4n) is 3.95. The number of carbonyl (C=O) groups is 1. The van der Waals surface area contributed by atoms with E-state index in [-0.39, 0.29) is 23.6 Å². The first-order valence-corrected chi connectivity index (χ1v) is 10.1. The van der Waals surface area contributed by atoms with Crippen LogP contribution in [-0.2, 0) is 7.05 Å². The lowest BCUT2D eigenvalue weighted by atomic mass is 9.91. The second-order valence-corrected chi connectivity index (χ2v) is 7.68. The van der Waals surface area contributed by atoms with Crippen LogP contribution >= 0.6 is 0 Å². The van der Waals surface area contributed by atoms with E-state index in [0.29, 0.717) is 22.5 Å². The molecule has 0 aliphatic heterocycles. The van der Waals surface area contributed by atoms with E-state index in [1.54, 1.807) is 43.7 Å². The van der Waals surface area contributed by atoms with Crippen LogP contribution in [0.25, 0.3) is 27.0 Å². The Morgan fingerprint density at radius 3 is 2.81 bits per heavy atom. The van der Waals surface area contributed by atoms with Crippen molar-refractivity contribution in [1.29, 1.82) is 0 Å². The molecule has 1 amide bonds. The van der Waals surface area contributed by atoms with Crippen LogP contribution in [0.15, 0.2) is 46.6 Å². The summed E-state index contributed by atoms with van der Waals surface area (Å²) in [6.07, 6.45) is 6.44. The van der Waals surface area contributed by atoms with Gasteiger partial charge in [-0.15, -0.1) is 0 Å². The smallest absolute Gasteiger partial charge is 0.276 e. The Hall–Kier alpha value is -3.78. The third-order valence-electron chi connectivity index (χ3n) is 5.67. The molecule has 0 saturated heterocycles. The van der Waals surface area contributed by atoms with Crippen LogP contribution in [0.4, 0.5) is 0 Å². The third kappa shape index (κ3) is 4.10. The minimum atomic E-state index is -0.227. The molecule has 2 heterocycles. The van der Waals surface area contributed by atoms with Gasteiger partial charge in [0.15, 0.2) is 0 Å². The van der Waals surface area contributed by atoms with Gasteiger partial charge in [-0.3, -0.25) is 9.59 Å². The minimum Gasteiger partial charge on any atom is -0.496 e. The van der Waals surface area contributed by atoms with Crippen molar-refractivity contribution in [3.63, 3.8) is 0 Å². The maximum absolute atomic E-state index is 13.0. The highest BCUT2D eigenvalue weighted by molar-refractivity contribution is 6.01. The van der Waals surface area contributed by atoms with Crippen LogP contribution < -0.4 is 15.6 Å². The zero-order valence-electron chi connectivity index (χ0n) is 17.4. The Morgan fingerprint density at radius 1 is 1.32 bits per heavy atom. The van der Waals surface area contributed by atoms with E-state index in [1.807, 2.05) is 0 Å². The highest BCUT2D eigenvalue weighted by atomic mass is 16.5. The van der Waals surface area contributed by atoms with Crippen molar-refractivity contribution in [3.05, 3.63) is 63.0 Å². The van der Waals surface area contributed by atoms with E-state index in [0.717, 1.165) is 31.1 Å². The molecule has 10 heteroatoms. The van der Waals surface area contributed by atoms with Crippen LogP contribution in [0.1, 0.15) is 36.0 Å². The van der Waals surface area contributed by atoms with E-state index < -0.39 is 0 Å². The van der Waals surface area contributed by atoms with E-state index in [9.17, 15) is 9.59 Å². The quantitative estimate of drug-likeness (QED) is 0.386. The molecule has 10 nitrogen and oxygen atoms in total. The summed E-state index contributed by atoms with van der Waals surface area (Å²) in [4.78, 5) is 28.3. The van der Waals surface area contributed by atoms with Gasteiger partial charge in [0, 0.05) is 47.9 Å². The number of nitrogens with zero attached hydrogens (tertiary/aromatic N) is 6. The van der Waals surface area contributed by atoms with Crippen LogP contribution in [0.3, 0.4) is 0 Å². The van der Waals surface area contributed by atoms with Crippen molar-refractivity contribution >= 4 is 16.8 Å². The summed E-state index contributed by atoms with van der Waals surface area (Å²) in [5.74, 6) is 0.188. The molecule has 1 aliphatic carbocycles. The van der Waals surface area contributed by atoms with Gasteiger partial charge in [-0.1, -0.05) is 5.11 Å². The molecule has 160 valence electrons. The lowest BCUT2D eigenvalue weighted by Crippen LogP contribution is -2.38. The highest BCUT2D eigenvalue weighted by Crippen LogP contribution is 2.27. The number of rotatable bonds is 5. The molecular formula is C21H23N7O3. The number of amides is 1. The number of aryl methyl sites for hydroxylation is 1. The average Bonchev–Trinajstić information content (AvgIpc) is 3.19. The third-order valence-corrected chi connectivity index (χ3v) is 5.67. The summed E-state index contributed by atoms with van der Waals surface area (Å²) in [7, 11) is 3.19. The van der Waals surface area contributed by atoms with Crippen LogP contribution in [0.2, 0.25) is 0 Å². The maximum atomic E-state index is 13.0. The van der Waals surface area contributed by atoms with Gasteiger partial charge in [-0.05, 0) is 49.4 Å². The van der Waals surface area contributed by atoms with Crippen LogP contribution in [0, 0.1) is 0 Å². The monoisotopic (exact) mass is 421 g/mol. The number of azide groups is 1. The molecule has 0 bridgehead atoms. The first-order valence-electron chi connectivity index (χ1n) is 10.1. The van der Waals surface area contributed by atoms with Gasteiger partial charge in [0.2, 0.25) is 0 Å². The molecule has 1 aliphatic rings. The lowest BCUT2D eigenvalue weighted by Gasteiger charge is -2.26. The van der Waals surface area contributed by atoms with E-state index in [2.05, 4.69) is 20.4 Å². The van der Waals surface area contributed by atoms with Crippen molar-refractivity contribution < 1.29 is 9.53 Å². The largest absolute Gasteiger partial charge is 0.496 e. The normalized spacial score (nSPS) is 18.4. The summed E-state index contributed by atoms with van der Waals surface area (Å²) in [6.45, 7) is 0. The molecule has 3 aromatic rings. The van der Waals surface area contributed by atoms with Crippen molar-refractivity contribution in [1.82, 2.24) is 19.7 Å². The number of carbonyl (C=O) groups excluding carboxylic acids is 1. The maximum Gasteiger partial charge on any atom is 0.276 e. The van der Waals surface area contributed by atoms with Gasteiger partial charge in [-0.25, -0.2) is 4.68 Å². The number of pyridine rings is 1. The lowest BCUT2D eigenvalue weighted by molar-refractivity contribution is 0.0923. The number of methoxy groups -OCH3 is 1. The van der Waals surface area contributed by atoms with Crippen molar-refractivity contribution in [2.24, 2.45) is 12.2 Å². The predicted molar refractivity (Wildman–Crippen MR) is 116 cm³/mol. The average molecular weight is 421 g/mol. The number of benzene rings is 1. The summed E-state index contributed by atoms with van der Waals surface area (Å²) in [5, 5.41) is 12.0. The van der Waals surface area contributed by atoms with Gasteiger partial charge in [0.1, 0.15) is 11.4 Å². The first-order chi connectivity index (χ1) is 15.0. The van der Waals surface area contributed by atoms with Gasteiger partial charge in [0.05, 0.1) is 18.2 Å². The minimum absolute atomic E-state index is 0.000527. The van der Waals surface area contributed by atoms with E-state index in [1.165, 1.54) is 16.4 Å². The number of ether oxygens (including phenoxy) is 1. The number of nitrogens with one attached hydrogen (secondary N) is 1. The zero-order chi connectivity index (χ0) is 22.0. The SMILES string of the molecule is COc1cc2nn(-c3cccn(C)c3=O)cc2cc1C(=O)NC1CCC(N=[N+]=[N-])CC1. The molecule has 1 N–H and O–H groups in total. The van der Waals surface area contributed by atoms with Gasteiger partial charge in [0.25, 0.3) is 11.5 Å². The second kappa shape index (κ2) is 8.53. The predicted octanol–water partition coefficient (Wildman–Crippen LogP) is 3.08. The van der Waals surface area contributed by atoms with Crippen LogP contribution in [0.5, 0.6) is 5.75 Å². The number of hydrogen-bond acceptors (Lipinski definition) is 5. The molecule has 0 spiro atoms. The van der Waals surface area contributed by atoms with Crippen LogP contribution in [-0.4, -0.2) is 39.4 Å². The molecule has 0 atom stereocenters. The first kappa shape index (κ1) is 20.5. The number of aromatic nitrogens is 3. The number of hydrogen-bond donors (Lipinski definition) is 1. The van der Waals surface area contributed by atoms with Crippen molar-refractivity contribution in [2.45, 2.75) is 37.8 Å². The standard InChI is InChI=1S/C21H23N7O3/c1-27-9-3-4-18(21(27)30)28-12-13-10-16(19(31-2)11-17(13)25-28)20(29)23-14-5-7-15(8-6-14)24-26-22/h3-4,9-12,14-15H,5-8H2,1-2H3,(H,23,29). The molecule has 1 fully saturated rings. The summed E-state index contributed by atoms with van der Waals surface area (Å²) in [6, 6.07) is 6.93. The summed E-state index contributed by atoms with van der Waals surface area (Å²) in [5.41, 5.74) is 9.85. The molecule has 0 radical (unpaired) electrons. The van der Waals surface area contributed by atoms with Gasteiger partial charge < -0.3 is 14.6 Å². The fraction of sp³-hybridized carbons (Fsp3) is 0.381. The topological polar surface area (TPSA) is 127 Å². The fourth-order valence-corrected chi connectivity index (χ4v) is 3.95. The summed E-state index contributed by atoms with van der Waals surface area (Å²) < 4.78 is 8.44. The Morgan fingerprint density at radius 2 is 2.10 bits per heavy atom. The van der Waals surface area contributed by atoms with Crippen molar-refractivity contribution in [3.8, 4) is 11.4 Å². The molecule has 0 unspecified atom stereocenters. The Kier molecular flexibility index (Phi) is 5.64. The molecule has 1 aromatic carbocycles. The van der Waals surface area contributed by atoms with E-state index in [4.69, 9.17) is 10.3 Å². The second-order valence-electron chi connectivity index (χ2n) is 7.68. The molecule has 1 saturated carbocycles. The summed E-state index contributed by atoms with van der Waals surface area (Å²) >= 11 is 0. The molecule has 31 heavy (non-hydrogen) atoms. The van der Waals surface area contributed by atoms with Gasteiger partial charge >= 0.3 is 0 Å². The zero-order valence-corrected chi connectivity index (χ0v) is 17.4. The molecular weight excluding hydrogens is 398 g/mol. The van der Waals surface area contributed by atoms with E-state index >= 15 is 0 Å². The highest BCUT2D eigenvalue weighted by Gasteiger charge is 2.24. The Balaban J connectivity index is 1.60. The van der Waals surface area contributed by atoms with Crippen molar-refractivity contribution in [2.75, 3.05) is 7.11 Å². The molecule has 4 rings (SSSR count). The number of fused-ring (bicyclic) bond motifs is 1. The Labute approximate surface area is 178 Å². The molecule has 2 aromatic heterocycles. The Bertz CT molecular complexity index is 1230. The van der Waals surface area contributed by atoms with Gasteiger partial charge in [-0.2, -0.15) is 5.10 Å².